The normalized spacial score (nSPS) is 14.0. The third-order valence-electron chi connectivity index (χ3n) is 18.8. The SMILES string of the molecule is Cc1cnc(Nc2ccc(C(=O)NC3CCC3)cc2)cc1Nc1ccc2oc(=O)n(COP(=O)(OCn3c(=O)oc4ccc(Nc5cc(Nc6ccc(C(=O)NC7CCC7)cc6)ncc5C)cc43)OCn3c(=O)oc4ccc(Nc5cc(Nc6ccc(C(=O)NC7CCC7)cc6)ncc5C)cc43)c2c1. The Morgan fingerprint density at radius 3 is 0.923 bits per heavy atom. The van der Waals surface area contributed by atoms with Gasteiger partial charge < -0.3 is 61.1 Å². The predicted molar refractivity (Wildman–Crippen MR) is 394 cm³/mol. The number of carbonyl (C=O) groups is 3. The first-order valence-corrected chi connectivity index (χ1v) is 35.6. The molecule has 29 heteroatoms. The van der Waals surface area contributed by atoms with E-state index in [1.807, 2.05) is 39.0 Å². The molecule has 530 valence electrons. The number of fused-ring (bicyclic) bond motifs is 3. The van der Waals surface area contributed by atoms with Gasteiger partial charge in [0.15, 0.2) is 16.7 Å². The smallest absolute Gasteiger partial charge is 0.408 e. The van der Waals surface area contributed by atoms with Gasteiger partial charge >= 0.3 is 25.1 Å². The largest absolute Gasteiger partial charge is 0.480 e. The van der Waals surface area contributed by atoms with Gasteiger partial charge in [0.25, 0.3) is 17.7 Å². The van der Waals surface area contributed by atoms with Crippen LogP contribution in [0, 0.1) is 20.8 Å². The van der Waals surface area contributed by atoms with E-state index in [4.69, 9.17) is 26.8 Å². The Hall–Kier alpha value is -12.1. The summed E-state index contributed by atoms with van der Waals surface area (Å²) in [5.41, 5.74) is 10.7. The molecule has 9 N–H and O–H groups in total. The molecule has 15 rings (SSSR count). The van der Waals surface area contributed by atoms with Gasteiger partial charge in [0.05, 0.1) is 16.6 Å². The quantitative estimate of drug-likeness (QED) is 0.0216. The second-order valence-corrected chi connectivity index (χ2v) is 27.8. The molecule has 3 amide bonds. The number of aryl methyl sites for hydroxylation is 3. The summed E-state index contributed by atoms with van der Waals surface area (Å²) in [5, 5.41) is 29.2. The number of pyridine rings is 3. The number of hydrogen-bond acceptors (Lipinski definition) is 22. The van der Waals surface area contributed by atoms with Crippen LogP contribution in [0.15, 0.2) is 192 Å². The molecule has 0 aliphatic heterocycles. The summed E-state index contributed by atoms with van der Waals surface area (Å²) in [6.45, 7) is 3.24. The lowest BCUT2D eigenvalue weighted by molar-refractivity contribution is 0.0521. The number of anilines is 12. The maximum atomic E-state index is 15.4. The molecule has 0 unspecified atom stereocenters. The van der Waals surface area contributed by atoms with Crippen molar-refractivity contribution in [3.05, 3.63) is 229 Å². The highest BCUT2D eigenvalue weighted by Gasteiger charge is 2.32. The van der Waals surface area contributed by atoms with Gasteiger partial charge in [-0.05, 0) is 223 Å². The van der Waals surface area contributed by atoms with Gasteiger partial charge in [-0.15, -0.1) is 0 Å². The number of nitrogens with zero attached hydrogens (tertiary/aromatic N) is 6. The molecule has 3 fully saturated rings. The fourth-order valence-corrected chi connectivity index (χ4v) is 12.9. The number of hydrogen-bond donors (Lipinski definition) is 9. The van der Waals surface area contributed by atoms with E-state index in [9.17, 15) is 28.8 Å². The van der Waals surface area contributed by atoms with E-state index < -0.39 is 45.3 Å². The van der Waals surface area contributed by atoms with Crippen LogP contribution in [0.4, 0.5) is 68.6 Å². The Balaban J connectivity index is 0.675. The molecule has 6 aromatic carbocycles. The maximum absolute atomic E-state index is 15.4. The zero-order valence-electron chi connectivity index (χ0n) is 56.7. The van der Waals surface area contributed by atoms with Crippen LogP contribution in [0.2, 0.25) is 0 Å². The van der Waals surface area contributed by atoms with E-state index in [1.165, 1.54) is 0 Å². The van der Waals surface area contributed by atoms with Crippen molar-refractivity contribution in [3.63, 3.8) is 0 Å². The molecule has 0 spiro atoms. The van der Waals surface area contributed by atoms with E-state index in [0.29, 0.717) is 85.3 Å². The molecule has 104 heavy (non-hydrogen) atoms. The number of nitrogens with one attached hydrogen (secondary N) is 9. The average Bonchev–Trinajstić information content (AvgIpc) is 1.59. The van der Waals surface area contributed by atoms with Crippen molar-refractivity contribution < 1.29 is 45.8 Å². The predicted octanol–water partition coefficient (Wildman–Crippen LogP) is 14.3. The molecule has 3 aliphatic rings. The molecule has 6 aromatic heterocycles. The van der Waals surface area contributed by atoms with Crippen molar-refractivity contribution in [1.29, 1.82) is 0 Å². The first kappa shape index (κ1) is 67.7. The average molecular weight is 1420 g/mol. The second-order valence-electron chi connectivity index (χ2n) is 26.1. The third-order valence-corrected chi connectivity index (χ3v) is 20.1. The molecule has 3 aliphatic carbocycles. The van der Waals surface area contributed by atoms with Gasteiger partial charge in [-0.1, -0.05) is 0 Å². The Morgan fingerprint density at radius 2 is 0.663 bits per heavy atom. The first-order chi connectivity index (χ1) is 50.4. The van der Waals surface area contributed by atoms with Crippen molar-refractivity contribution in [2.75, 3.05) is 31.9 Å². The summed E-state index contributed by atoms with van der Waals surface area (Å²) >= 11 is 0. The molecule has 0 atom stereocenters. The van der Waals surface area contributed by atoms with Gasteiger partial charge in [0.2, 0.25) is 0 Å². The number of amides is 3. The standard InChI is InChI=1S/C75H72N15O13P/c1-43-37-76-67(82-52-19-13-46(14-20-52)70(91)85-49-7-4-8-49)34-58(43)79-55-25-28-64-61(31-55)88(73(94)101-64)40-98-104(97,99-41-89-62-32-56(26-29-65(62)102-74(89)95)80-59-35-68(77-38-44(59)2)83-53-21-15-47(16-22-53)71(92)86-50-9-5-10-50)100-42-90-63-33-57(27-30-66(63)103-75(90)96)81-60-36-69(78-39-45(60)3)84-54-23-17-48(18-24-54)72(93)87-51-11-6-12-51/h13-39,49-51H,4-12,40-42H2,1-3H3,(H,85,91)(H,86,92)(H,87,93)(H2,76,79,82)(H2,77,80,83)(H2,78,81,84). The van der Waals surface area contributed by atoms with Crippen molar-refractivity contribution in [2.24, 2.45) is 0 Å². The Bertz CT molecular complexity index is 4970. The van der Waals surface area contributed by atoms with Gasteiger partial charge in [-0.25, -0.2) is 47.6 Å². The van der Waals surface area contributed by atoms with Gasteiger partial charge in [-0.3, -0.25) is 28.0 Å². The van der Waals surface area contributed by atoms with Crippen LogP contribution in [-0.2, 0) is 38.3 Å². The van der Waals surface area contributed by atoms with E-state index in [0.717, 1.165) is 88.2 Å². The summed E-state index contributed by atoms with van der Waals surface area (Å²) in [6.07, 6.45) is 14.3. The fourth-order valence-electron chi connectivity index (χ4n) is 12.0. The van der Waals surface area contributed by atoms with Crippen molar-refractivity contribution >= 4 is 127 Å². The lowest BCUT2D eigenvalue weighted by atomic mass is 9.93. The second kappa shape index (κ2) is 29.1. The highest BCUT2D eigenvalue weighted by molar-refractivity contribution is 7.48. The number of rotatable bonds is 27. The molecule has 3 saturated carbocycles. The highest BCUT2D eigenvalue weighted by atomic mass is 31.2. The zero-order valence-corrected chi connectivity index (χ0v) is 57.6. The first-order valence-electron chi connectivity index (χ1n) is 34.1. The monoisotopic (exact) mass is 1420 g/mol. The summed E-state index contributed by atoms with van der Waals surface area (Å²) in [4.78, 5) is 93.5. The van der Waals surface area contributed by atoms with Gasteiger partial charge in [-0.2, -0.15) is 0 Å². The highest BCUT2D eigenvalue weighted by Crippen LogP contribution is 2.51. The van der Waals surface area contributed by atoms with Crippen molar-refractivity contribution in [2.45, 2.75) is 117 Å². The minimum atomic E-state index is -5.05. The van der Waals surface area contributed by atoms with Crippen LogP contribution in [0.3, 0.4) is 0 Å². The summed E-state index contributed by atoms with van der Waals surface area (Å²) in [7, 11) is -5.05. The van der Waals surface area contributed by atoms with Crippen molar-refractivity contribution in [3.8, 4) is 0 Å². The van der Waals surface area contributed by atoms with Crippen LogP contribution in [0.5, 0.6) is 0 Å². The fraction of sp³-hybridized carbons (Fsp3) is 0.240. The summed E-state index contributed by atoms with van der Waals surface area (Å²) in [5.74, 6) is -1.52. The molecular weight excluding hydrogens is 1350 g/mol. The van der Waals surface area contributed by atoms with Crippen LogP contribution < -0.4 is 65.1 Å². The Labute approximate surface area is 593 Å². The van der Waals surface area contributed by atoms with E-state index in [-0.39, 0.29) is 69.1 Å². The van der Waals surface area contributed by atoms with Crippen LogP contribution in [0.25, 0.3) is 33.3 Å². The number of phosphoric ester groups is 1. The number of carbonyl (C=O) groups excluding carboxylic acids is 3. The summed E-state index contributed by atoms with van der Waals surface area (Å²) in [6, 6.07) is 42.2. The molecule has 12 aromatic rings. The lowest BCUT2D eigenvalue weighted by Crippen LogP contribution is -2.39. The molecule has 0 bridgehead atoms. The number of oxazole rings is 3. The minimum absolute atomic E-state index is 0.117. The number of phosphoric acid groups is 1. The molecule has 6 heterocycles. The number of benzene rings is 6. The van der Waals surface area contributed by atoms with Crippen molar-refractivity contribution in [1.82, 2.24) is 44.6 Å². The topological polar surface area (TPSA) is 348 Å². The maximum Gasteiger partial charge on any atom is 0.480 e. The van der Waals surface area contributed by atoms with Crippen LogP contribution in [0.1, 0.15) is 106 Å². The third kappa shape index (κ3) is 15.2. The van der Waals surface area contributed by atoms with E-state index in [2.05, 4.69) is 62.8 Å². The minimum Gasteiger partial charge on any atom is -0.408 e. The van der Waals surface area contributed by atoms with Gasteiger partial charge in [0, 0.05) is 123 Å². The van der Waals surface area contributed by atoms with E-state index >= 15 is 4.57 Å². The lowest BCUT2D eigenvalue weighted by Gasteiger charge is -2.26. The van der Waals surface area contributed by atoms with Gasteiger partial charge in [0.1, 0.15) is 37.6 Å². The molecule has 0 radical (unpaired) electrons. The summed E-state index contributed by atoms with van der Waals surface area (Å²) < 4.78 is 53.7. The molecular formula is C75H72N15O13P. The number of aromatic nitrogens is 6. The van der Waals surface area contributed by atoms with Crippen LogP contribution in [-0.4, -0.2) is 64.5 Å². The molecule has 28 nitrogen and oxygen atoms in total. The van der Waals surface area contributed by atoms with Crippen LogP contribution >= 0.6 is 7.82 Å². The van der Waals surface area contributed by atoms with E-state index in [1.54, 1.807) is 146 Å². The molecule has 0 saturated heterocycles. The Kier molecular flexibility index (Phi) is 18.9. The Morgan fingerprint density at radius 1 is 0.394 bits per heavy atom. The zero-order chi connectivity index (χ0) is 71.6.